The minimum absolute atomic E-state index is 0.196. The number of aryl methyl sites for hydroxylation is 1. The summed E-state index contributed by atoms with van der Waals surface area (Å²) in [4.78, 5) is 8.36. The van der Waals surface area contributed by atoms with Crippen molar-refractivity contribution in [3.05, 3.63) is 250 Å². The van der Waals surface area contributed by atoms with Gasteiger partial charge in [-0.05, 0) is 129 Å². The van der Waals surface area contributed by atoms with Gasteiger partial charge in [0.15, 0.2) is 0 Å². The summed E-state index contributed by atoms with van der Waals surface area (Å²) in [5.74, 6) is 1.09. The number of benzene rings is 9. The smallest absolute Gasteiger partial charge is 0.131 e. The number of nitrogens with one attached hydrogen (secondary N) is 2. The Bertz CT molecular complexity index is 4010. The summed E-state index contributed by atoms with van der Waals surface area (Å²) in [5, 5.41) is 18.1. The Morgan fingerprint density at radius 2 is 1.33 bits per heavy atom. The Balaban J connectivity index is 0.923. The monoisotopic (exact) mass is 899 g/mol. The van der Waals surface area contributed by atoms with E-state index in [-0.39, 0.29) is 18.2 Å². The van der Waals surface area contributed by atoms with Crippen molar-refractivity contribution < 1.29 is 0 Å². The van der Waals surface area contributed by atoms with Crippen LogP contribution in [0.2, 0.25) is 0 Å². The third kappa shape index (κ3) is 6.18. The highest BCUT2D eigenvalue weighted by Gasteiger charge is 2.43. The quantitative estimate of drug-likeness (QED) is 0.169. The predicted octanol–water partition coefficient (Wildman–Crippen LogP) is 15.2. The molecule has 0 fully saturated rings. The average molecular weight is 900 g/mol. The number of aromatic nitrogens is 1. The van der Waals surface area contributed by atoms with Crippen molar-refractivity contribution in [1.82, 2.24) is 15.2 Å². The van der Waals surface area contributed by atoms with E-state index in [1.807, 2.05) is 0 Å². The summed E-state index contributed by atoms with van der Waals surface area (Å²) in [6.45, 7) is 0. The second-order valence-corrected chi connectivity index (χ2v) is 19.7. The SMILES string of the molecule is C1=Cc2c(ccc(C3N=C(c4ccccc4)NC(c4ccc5c(ccc6ccccc65)c4)N3)c2N2C3=Cc4ccccc4CC3C3=C2CCC(n2c4ccccc4c4cc5ccccc5cc42)=C3)CC1. The molecule has 5 heteroatoms. The van der Waals surface area contributed by atoms with Crippen molar-refractivity contribution in [3.63, 3.8) is 0 Å². The molecule has 70 heavy (non-hydrogen) atoms. The number of amidine groups is 1. The van der Waals surface area contributed by atoms with Crippen molar-refractivity contribution in [1.29, 1.82) is 0 Å². The van der Waals surface area contributed by atoms with Gasteiger partial charge in [-0.1, -0.05) is 170 Å². The molecule has 0 saturated heterocycles. The standard InChI is InChI=1S/C65H49N5/c1-2-16-42(17-3-1)63-66-64(48-29-31-51-47(34-48)27-26-40-14-8-10-22-50(40)51)68-65(67-63)54-32-28-41-15-9-11-23-52(41)62(54)70-59-33-30-49(39-57(59)56-36-44-19-5-7-21-46(44)38-61(56)70)69-58-25-13-12-24-53(58)55-35-43-18-4-6-20-45(43)37-60(55)69/h1-8,10-14,16-29,31-32,34-35,37-39,56,64-65,68H,9,15,30,33,36H2,(H,66,67). The van der Waals surface area contributed by atoms with E-state index >= 15 is 0 Å². The van der Waals surface area contributed by atoms with Crippen molar-refractivity contribution in [2.24, 2.45) is 10.9 Å². The van der Waals surface area contributed by atoms with Crippen LogP contribution in [0.15, 0.2) is 216 Å². The molecule has 15 rings (SSSR count). The fraction of sp³-hybridized carbons (Fsp3) is 0.123. The zero-order valence-electron chi connectivity index (χ0n) is 38.7. The molecule has 0 radical (unpaired) electrons. The van der Waals surface area contributed by atoms with E-state index in [9.17, 15) is 0 Å². The minimum Gasteiger partial charge on any atom is -0.350 e. The number of anilines is 1. The summed E-state index contributed by atoms with van der Waals surface area (Å²) in [5.41, 5.74) is 18.2. The van der Waals surface area contributed by atoms with Crippen molar-refractivity contribution in [2.45, 2.75) is 44.4 Å². The zero-order valence-corrected chi connectivity index (χ0v) is 38.7. The first-order valence-corrected chi connectivity index (χ1v) is 25.0. The average Bonchev–Trinajstić information content (AvgIpc) is 3.91. The Labute approximate surface area is 407 Å². The fourth-order valence-electron chi connectivity index (χ4n) is 12.6. The lowest BCUT2D eigenvalue weighted by Gasteiger charge is -2.37. The predicted molar refractivity (Wildman–Crippen MR) is 292 cm³/mol. The molecule has 5 aliphatic rings. The first kappa shape index (κ1) is 39.7. The maximum absolute atomic E-state index is 5.64. The molecule has 334 valence electrons. The van der Waals surface area contributed by atoms with Gasteiger partial charge in [0.05, 0.1) is 16.7 Å². The van der Waals surface area contributed by atoms with Crippen LogP contribution in [0.5, 0.6) is 0 Å². The van der Waals surface area contributed by atoms with E-state index in [1.54, 1.807) is 0 Å². The second-order valence-electron chi connectivity index (χ2n) is 19.7. The number of rotatable bonds is 5. The molecular weight excluding hydrogens is 851 g/mol. The van der Waals surface area contributed by atoms with Crippen molar-refractivity contribution >= 4 is 83.5 Å². The maximum atomic E-state index is 5.64. The van der Waals surface area contributed by atoms with Gasteiger partial charge in [-0.25, -0.2) is 4.99 Å². The molecule has 1 aromatic heterocycles. The molecule has 0 spiro atoms. The van der Waals surface area contributed by atoms with Crippen LogP contribution in [0, 0.1) is 5.92 Å². The summed E-state index contributed by atoms with van der Waals surface area (Å²) in [6.07, 6.45) is 14.2. The van der Waals surface area contributed by atoms with Gasteiger partial charge < -0.3 is 14.8 Å². The molecule has 0 bridgehead atoms. The highest BCUT2D eigenvalue weighted by Crippen LogP contribution is 2.54. The lowest BCUT2D eigenvalue weighted by atomic mass is 9.82. The number of para-hydroxylation sites is 1. The van der Waals surface area contributed by atoms with Gasteiger partial charge in [0, 0.05) is 50.5 Å². The molecule has 2 aliphatic heterocycles. The Hall–Kier alpha value is -8.25. The van der Waals surface area contributed by atoms with E-state index < -0.39 is 0 Å². The van der Waals surface area contributed by atoms with Crippen LogP contribution < -0.4 is 15.5 Å². The Morgan fingerprint density at radius 3 is 2.24 bits per heavy atom. The number of hydrogen-bond donors (Lipinski definition) is 2. The summed E-state index contributed by atoms with van der Waals surface area (Å²) in [6, 6.07) is 67.2. The van der Waals surface area contributed by atoms with E-state index in [2.05, 4.69) is 226 Å². The minimum atomic E-state index is -0.342. The van der Waals surface area contributed by atoms with Crippen LogP contribution in [0.25, 0.3) is 72.0 Å². The molecule has 2 N–H and O–H groups in total. The summed E-state index contributed by atoms with van der Waals surface area (Å²) in [7, 11) is 0. The van der Waals surface area contributed by atoms with Crippen molar-refractivity contribution in [2.75, 3.05) is 4.90 Å². The highest BCUT2D eigenvalue weighted by molar-refractivity contribution is 6.14. The summed E-state index contributed by atoms with van der Waals surface area (Å²) >= 11 is 0. The van der Waals surface area contributed by atoms with Crippen LogP contribution >= 0.6 is 0 Å². The van der Waals surface area contributed by atoms with E-state index in [0.717, 1.165) is 43.5 Å². The zero-order chi connectivity index (χ0) is 45.9. The molecule has 3 atom stereocenters. The lowest BCUT2D eigenvalue weighted by molar-refractivity contribution is 0.409. The first-order valence-electron chi connectivity index (χ1n) is 25.0. The third-order valence-electron chi connectivity index (χ3n) is 15.9. The van der Waals surface area contributed by atoms with Gasteiger partial charge >= 0.3 is 0 Å². The number of hydrogen-bond acceptors (Lipinski definition) is 4. The van der Waals surface area contributed by atoms with Crippen LogP contribution in [0.4, 0.5) is 5.69 Å². The third-order valence-corrected chi connectivity index (χ3v) is 15.9. The molecule has 3 heterocycles. The number of allylic oxidation sites excluding steroid dienone is 5. The van der Waals surface area contributed by atoms with Crippen molar-refractivity contribution in [3.8, 4) is 0 Å². The molecule has 3 aliphatic carbocycles. The summed E-state index contributed by atoms with van der Waals surface area (Å²) < 4.78 is 2.58. The molecule has 3 unspecified atom stereocenters. The Morgan fingerprint density at radius 1 is 0.557 bits per heavy atom. The number of nitrogens with zero attached hydrogens (tertiary/aromatic N) is 3. The highest BCUT2D eigenvalue weighted by atomic mass is 15.3. The molecule has 9 aromatic carbocycles. The normalized spacial score (nSPS) is 19.5. The molecular formula is C65H49N5. The van der Waals surface area contributed by atoms with Crippen LogP contribution in [-0.4, -0.2) is 10.4 Å². The van der Waals surface area contributed by atoms with E-state index in [0.29, 0.717) is 0 Å². The fourth-order valence-corrected chi connectivity index (χ4v) is 12.6. The van der Waals surface area contributed by atoms with E-state index in [1.165, 1.54) is 116 Å². The van der Waals surface area contributed by atoms with Crippen LogP contribution in [0.3, 0.4) is 0 Å². The van der Waals surface area contributed by atoms with Crippen LogP contribution in [0.1, 0.15) is 70.5 Å². The first-order chi connectivity index (χ1) is 34.7. The van der Waals surface area contributed by atoms with Gasteiger partial charge in [-0.3, -0.25) is 5.32 Å². The van der Waals surface area contributed by atoms with Gasteiger partial charge in [-0.2, -0.15) is 0 Å². The van der Waals surface area contributed by atoms with Gasteiger partial charge in [0.1, 0.15) is 18.2 Å². The van der Waals surface area contributed by atoms with Crippen LogP contribution in [-0.2, 0) is 12.8 Å². The topological polar surface area (TPSA) is 44.6 Å². The largest absolute Gasteiger partial charge is 0.350 e. The molecule has 0 amide bonds. The maximum Gasteiger partial charge on any atom is 0.131 e. The number of fused-ring (bicyclic) bond motifs is 11. The van der Waals surface area contributed by atoms with Gasteiger partial charge in [0.25, 0.3) is 0 Å². The Kier molecular flexibility index (Phi) is 8.87. The number of aliphatic imine (C=N–C) groups is 1. The lowest BCUT2D eigenvalue weighted by Crippen LogP contribution is -2.45. The second kappa shape index (κ2) is 15.6. The molecule has 10 aromatic rings. The molecule has 0 saturated carbocycles. The van der Waals surface area contributed by atoms with E-state index in [4.69, 9.17) is 4.99 Å². The van der Waals surface area contributed by atoms with Gasteiger partial charge in [-0.15, -0.1) is 0 Å². The molecule has 5 nitrogen and oxygen atoms in total. The van der Waals surface area contributed by atoms with Gasteiger partial charge in [0.2, 0.25) is 0 Å².